The number of carboxylic acid groups (broad SMARTS) is 1. The van der Waals surface area contributed by atoms with Crippen molar-refractivity contribution in [1.29, 1.82) is 0 Å². The van der Waals surface area contributed by atoms with E-state index < -0.39 is 11.9 Å². The van der Waals surface area contributed by atoms with Crippen LogP contribution in [0, 0.1) is 0 Å². The quantitative estimate of drug-likeness (QED) is 0.770. The minimum atomic E-state index is -0.826. The lowest BCUT2D eigenvalue weighted by atomic mass is 9.95. The van der Waals surface area contributed by atoms with Crippen LogP contribution in [0.25, 0.3) is 0 Å². The van der Waals surface area contributed by atoms with Crippen molar-refractivity contribution < 1.29 is 14.7 Å². The van der Waals surface area contributed by atoms with Crippen LogP contribution in [0.2, 0.25) is 0 Å². The van der Waals surface area contributed by atoms with Crippen molar-refractivity contribution in [3.8, 4) is 0 Å². The average molecular weight is 206 g/mol. The van der Waals surface area contributed by atoms with Crippen LogP contribution in [0.1, 0.15) is 42.1 Å². The molecule has 1 atom stereocenters. The fourth-order valence-corrected chi connectivity index (χ4v) is 1.50. The van der Waals surface area contributed by atoms with E-state index in [4.69, 9.17) is 5.11 Å². The van der Waals surface area contributed by atoms with E-state index in [1.807, 2.05) is 6.92 Å². The van der Waals surface area contributed by atoms with Gasteiger partial charge in [0.15, 0.2) is 5.78 Å². The maximum atomic E-state index is 11.0. The Labute approximate surface area is 88.7 Å². The van der Waals surface area contributed by atoms with Gasteiger partial charge in [0.25, 0.3) is 0 Å². The number of rotatable bonds is 4. The zero-order chi connectivity index (χ0) is 11.4. The minimum Gasteiger partial charge on any atom is -0.481 e. The first-order chi connectivity index (χ1) is 7.06. The Bertz CT molecular complexity index is 365. The van der Waals surface area contributed by atoms with Gasteiger partial charge in [-0.2, -0.15) is 0 Å². The molecule has 0 aliphatic heterocycles. The molecule has 0 radical (unpaired) electrons. The molecule has 1 unspecified atom stereocenters. The van der Waals surface area contributed by atoms with Crippen LogP contribution in [-0.4, -0.2) is 16.9 Å². The maximum absolute atomic E-state index is 11.0. The molecule has 3 nitrogen and oxygen atoms in total. The number of carbonyl (C=O) groups is 2. The summed E-state index contributed by atoms with van der Waals surface area (Å²) in [6, 6.07) is 6.75. The molecule has 0 saturated heterocycles. The van der Waals surface area contributed by atoms with E-state index in [0.29, 0.717) is 12.0 Å². The largest absolute Gasteiger partial charge is 0.481 e. The summed E-state index contributed by atoms with van der Waals surface area (Å²) in [5.41, 5.74) is 1.36. The highest BCUT2D eigenvalue weighted by molar-refractivity contribution is 5.94. The van der Waals surface area contributed by atoms with Gasteiger partial charge in [0.2, 0.25) is 0 Å². The topological polar surface area (TPSA) is 54.4 Å². The van der Waals surface area contributed by atoms with Gasteiger partial charge >= 0.3 is 5.97 Å². The number of carboxylic acids is 1. The van der Waals surface area contributed by atoms with Crippen LogP contribution >= 0.6 is 0 Å². The smallest absolute Gasteiger partial charge is 0.310 e. The van der Waals surface area contributed by atoms with E-state index in [9.17, 15) is 9.59 Å². The van der Waals surface area contributed by atoms with Crippen LogP contribution < -0.4 is 0 Å². The third-order valence-electron chi connectivity index (χ3n) is 2.43. The number of hydrogen-bond acceptors (Lipinski definition) is 2. The third kappa shape index (κ3) is 2.65. The summed E-state index contributed by atoms with van der Waals surface area (Å²) in [6.45, 7) is 3.32. The zero-order valence-corrected chi connectivity index (χ0v) is 8.86. The predicted octanol–water partition coefficient (Wildman–Crippen LogP) is 2.47. The molecule has 1 aromatic rings. The summed E-state index contributed by atoms with van der Waals surface area (Å²) in [7, 11) is 0. The van der Waals surface area contributed by atoms with E-state index >= 15 is 0 Å². The van der Waals surface area contributed by atoms with Gasteiger partial charge in [-0.15, -0.1) is 0 Å². The second-order valence-corrected chi connectivity index (χ2v) is 3.48. The fourth-order valence-electron chi connectivity index (χ4n) is 1.50. The molecule has 0 aliphatic carbocycles. The molecule has 0 aromatic heterocycles. The molecule has 80 valence electrons. The molecule has 15 heavy (non-hydrogen) atoms. The van der Waals surface area contributed by atoms with E-state index in [0.717, 1.165) is 5.56 Å². The molecule has 1 rings (SSSR count). The monoisotopic (exact) mass is 206 g/mol. The van der Waals surface area contributed by atoms with Gasteiger partial charge in [0.05, 0.1) is 5.92 Å². The summed E-state index contributed by atoms with van der Waals surface area (Å²) in [5, 5.41) is 8.94. The molecule has 0 aliphatic rings. The third-order valence-corrected chi connectivity index (χ3v) is 2.43. The Balaban J connectivity index is 2.97. The first-order valence-corrected chi connectivity index (χ1v) is 4.90. The highest BCUT2D eigenvalue weighted by Gasteiger charge is 2.17. The SMILES string of the molecule is CCC(C(=O)O)c1ccc(C(C)=O)cc1. The first kappa shape index (κ1) is 11.4. The highest BCUT2D eigenvalue weighted by atomic mass is 16.4. The Morgan fingerprint density at radius 3 is 2.13 bits per heavy atom. The Kier molecular flexibility index (Phi) is 3.61. The number of benzene rings is 1. The minimum absolute atomic E-state index is 0.00933. The van der Waals surface area contributed by atoms with Crippen molar-refractivity contribution in [2.45, 2.75) is 26.2 Å². The van der Waals surface area contributed by atoms with Gasteiger partial charge in [0, 0.05) is 5.56 Å². The van der Waals surface area contributed by atoms with Crippen LogP contribution in [0.4, 0.5) is 0 Å². The van der Waals surface area contributed by atoms with E-state index in [1.54, 1.807) is 24.3 Å². The normalized spacial score (nSPS) is 12.1. The van der Waals surface area contributed by atoms with Crippen molar-refractivity contribution in [1.82, 2.24) is 0 Å². The van der Waals surface area contributed by atoms with Gasteiger partial charge < -0.3 is 5.11 Å². The lowest BCUT2D eigenvalue weighted by Gasteiger charge is -2.09. The van der Waals surface area contributed by atoms with E-state index in [1.165, 1.54) is 6.92 Å². The van der Waals surface area contributed by atoms with Gasteiger partial charge in [-0.05, 0) is 18.9 Å². The number of ketones is 1. The van der Waals surface area contributed by atoms with Crippen molar-refractivity contribution in [3.05, 3.63) is 35.4 Å². The maximum Gasteiger partial charge on any atom is 0.310 e. The molecule has 3 heteroatoms. The standard InChI is InChI=1S/C12H14O3/c1-3-11(12(14)15)10-6-4-9(5-7-10)8(2)13/h4-7,11H,3H2,1-2H3,(H,14,15). The van der Waals surface area contributed by atoms with Gasteiger partial charge in [0.1, 0.15) is 0 Å². The van der Waals surface area contributed by atoms with Crippen LogP contribution in [0.3, 0.4) is 0 Å². The second kappa shape index (κ2) is 4.73. The van der Waals surface area contributed by atoms with Crippen LogP contribution in [0.15, 0.2) is 24.3 Å². The summed E-state index contributed by atoms with van der Waals surface area (Å²) in [4.78, 5) is 21.9. The van der Waals surface area contributed by atoms with E-state index in [-0.39, 0.29) is 5.78 Å². The number of aliphatic carboxylic acids is 1. The highest BCUT2D eigenvalue weighted by Crippen LogP contribution is 2.20. The fraction of sp³-hybridized carbons (Fsp3) is 0.333. The van der Waals surface area contributed by atoms with Crippen LogP contribution in [-0.2, 0) is 4.79 Å². The molecular weight excluding hydrogens is 192 g/mol. The Hall–Kier alpha value is -1.64. The summed E-state index contributed by atoms with van der Waals surface area (Å²) >= 11 is 0. The van der Waals surface area contributed by atoms with Gasteiger partial charge in [-0.3, -0.25) is 9.59 Å². The van der Waals surface area contributed by atoms with E-state index in [2.05, 4.69) is 0 Å². The molecule has 0 spiro atoms. The Morgan fingerprint density at radius 1 is 1.27 bits per heavy atom. The molecule has 1 aromatic carbocycles. The van der Waals surface area contributed by atoms with Gasteiger partial charge in [-0.1, -0.05) is 31.2 Å². The summed E-state index contributed by atoms with van der Waals surface area (Å²) in [5.74, 6) is -1.32. The summed E-state index contributed by atoms with van der Waals surface area (Å²) < 4.78 is 0. The lowest BCUT2D eigenvalue weighted by Crippen LogP contribution is -2.10. The predicted molar refractivity (Wildman–Crippen MR) is 57.1 cm³/mol. The number of Topliss-reactive ketones (excluding diaryl/α,β-unsaturated/α-hetero) is 1. The zero-order valence-electron chi connectivity index (χ0n) is 8.86. The lowest BCUT2D eigenvalue weighted by molar-refractivity contribution is -0.138. The first-order valence-electron chi connectivity index (χ1n) is 4.90. The van der Waals surface area contributed by atoms with Crippen molar-refractivity contribution in [2.24, 2.45) is 0 Å². The Morgan fingerprint density at radius 2 is 1.80 bits per heavy atom. The molecule has 0 fully saturated rings. The van der Waals surface area contributed by atoms with Gasteiger partial charge in [-0.25, -0.2) is 0 Å². The second-order valence-electron chi connectivity index (χ2n) is 3.48. The number of hydrogen-bond donors (Lipinski definition) is 1. The number of carbonyl (C=O) groups excluding carboxylic acids is 1. The van der Waals surface area contributed by atoms with Crippen molar-refractivity contribution in [3.63, 3.8) is 0 Å². The molecular formula is C12H14O3. The molecule has 0 amide bonds. The molecule has 0 saturated carbocycles. The molecule has 0 heterocycles. The molecule has 0 bridgehead atoms. The van der Waals surface area contributed by atoms with Crippen molar-refractivity contribution in [2.75, 3.05) is 0 Å². The average Bonchev–Trinajstić information content (AvgIpc) is 2.19. The summed E-state index contributed by atoms with van der Waals surface area (Å²) in [6.07, 6.45) is 0.550. The molecule has 1 N–H and O–H groups in total. The van der Waals surface area contributed by atoms with Crippen LogP contribution in [0.5, 0.6) is 0 Å². The van der Waals surface area contributed by atoms with Crippen molar-refractivity contribution >= 4 is 11.8 Å².